The third-order valence-corrected chi connectivity index (χ3v) is 2.64. The molecule has 1 aromatic rings. The fourth-order valence-corrected chi connectivity index (χ4v) is 1.63. The molecule has 16 heavy (non-hydrogen) atoms. The molecule has 1 N–H and O–H groups in total. The van der Waals surface area contributed by atoms with Crippen LogP contribution in [-0.2, 0) is 10.5 Å². The molecule has 0 aliphatic rings. The van der Waals surface area contributed by atoms with Gasteiger partial charge in [-0.15, -0.1) is 12.6 Å². The lowest BCUT2D eigenvalue weighted by Gasteiger charge is -2.07. The van der Waals surface area contributed by atoms with Gasteiger partial charge in [-0.3, -0.25) is 0 Å². The van der Waals surface area contributed by atoms with Crippen LogP contribution in [0.2, 0.25) is 0 Å². The van der Waals surface area contributed by atoms with Crippen molar-refractivity contribution in [2.24, 2.45) is 0 Å². The molecule has 0 aliphatic carbocycles. The van der Waals surface area contributed by atoms with Gasteiger partial charge in [-0.1, -0.05) is 3.89 Å². The molecule has 8 heteroatoms. The maximum atomic E-state index is 12.2. The molecule has 5 nitrogen and oxygen atoms in total. The summed E-state index contributed by atoms with van der Waals surface area (Å²) in [6.45, 7) is 1.49. The van der Waals surface area contributed by atoms with Crippen molar-refractivity contribution in [3.05, 3.63) is 23.3 Å². The highest BCUT2D eigenvalue weighted by molar-refractivity contribution is 7.81. The van der Waals surface area contributed by atoms with Gasteiger partial charge in [0.15, 0.2) is 0 Å². The molecule has 0 spiro atoms. The first-order chi connectivity index (χ1) is 7.20. The molecule has 0 saturated heterocycles. The lowest BCUT2D eigenvalue weighted by molar-refractivity contribution is 0.0695. The van der Waals surface area contributed by atoms with Crippen LogP contribution in [0.25, 0.3) is 0 Å². The smallest absolute Gasteiger partial charge is 0.478 e. The average Bonchev–Trinajstić information content (AvgIpc) is 2.07. The molecular weight excluding hydrogens is 259 g/mol. The zero-order chi connectivity index (χ0) is 12.5. The quantitative estimate of drug-likeness (QED) is 0.641. The van der Waals surface area contributed by atoms with Crippen molar-refractivity contribution >= 4 is 29.1 Å². The second-order valence-corrected chi connectivity index (χ2v) is 4.33. The van der Waals surface area contributed by atoms with E-state index in [1.807, 2.05) is 0 Å². The van der Waals surface area contributed by atoms with Crippen LogP contribution in [-0.4, -0.2) is 19.5 Å². The molecule has 0 amide bonds. The number of aromatic carboxylic acids is 1. The minimum absolute atomic E-state index is 0.193. The normalized spacial score (nSPS) is 11.2. The Bertz CT molecular complexity index is 538. The largest absolute Gasteiger partial charge is 0.488 e. The van der Waals surface area contributed by atoms with Gasteiger partial charge in [0.05, 0.1) is 5.56 Å². The molecule has 1 aromatic carbocycles. The summed E-state index contributed by atoms with van der Waals surface area (Å²) >= 11 is 3.92. The van der Waals surface area contributed by atoms with E-state index in [-0.39, 0.29) is 10.5 Å². The molecule has 0 unspecified atom stereocenters. The van der Waals surface area contributed by atoms with Gasteiger partial charge in [-0.25, -0.2) is 4.79 Å². The Morgan fingerprint density at radius 1 is 1.50 bits per heavy atom. The number of carboxylic acids is 1. The molecule has 0 heterocycles. The number of rotatable bonds is 3. The van der Waals surface area contributed by atoms with Crippen LogP contribution in [0, 0.1) is 6.92 Å². The topological polar surface area (TPSA) is 80.7 Å². The molecular formula is C8H7FO5S2. The standard InChI is InChI=1S/C8H7FO5S2/c1-4-6(8(10)11)2-5(3-7(4)15)14-16(9,12)13/h2-3,15H,1H3,(H,10,11). The molecule has 0 bridgehead atoms. The lowest BCUT2D eigenvalue weighted by Crippen LogP contribution is -2.05. The predicted molar refractivity (Wildman–Crippen MR) is 56.0 cm³/mol. The first-order valence-electron chi connectivity index (χ1n) is 3.91. The van der Waals surface area contributed by atoms with Gasteiger partial charge >= 0.3 is 16.5 Å². The van der Waals surface area contributed by atoms with Gasteiger partial charge in [-0.05, 0) is 24.6 Å². The van der Waals surface area contributed by atoms with Crippen LogP contribution in [0.4, 0.5) is 3.89 Å². The lowest BCUT2D eigenvalue weighted by atomic mass is 10.1. The monoisotopic (exact) mass is 266 g/mol. The van der Waals surface area contributed by atoms with E-state index >= 15 is 0 Å². The Kier molecular flexibility index (Phi) is 3.44. The average molecular weight is 266 g/mol. The van der Waals surface area contributed by atoms with Crippen molar-refractivity contribution in [2.45, 2.75) is 11.8 Å². The van der Waals surface area contributed by atoms with Crippen molar-refractivity contribution in [1.29, 1.82) is 0 Å². The summed E-state index contributed by atoms with van der Waals surface area (Å²) in [5, 5.41) is 8.78. The molecule has 0 fully saturated rings. The number of benzene rings is 1. The second-order valence-electron chi connectivity index (χ2n) is 2.90. The molecule has 0 saturated carbocycles. The van der Waals surface area contributed by atoms with Crippen LogP contribution < -0.4 is 4.18 Å². The summed E-state index contributed by atoms with van der Waals surface area (Å²) in [5.41, 5.74) is 0.130. The predicted octanol–water partition coefficient (Wildman–Crippen LogP) is 1.58. The molecule has 0 radical (unpaired) electrons. The molecule has 0 aliphatic heterocycles. The van der Waals surface area contributed by atoms with E-state index in [4.69, 9.17) is 5.11 Å². The van der Waals surface area contributed by atoms with Crippen LogP contribution in [0.1, 0.15) is 15.9 Å². The van der Waals surface area contributed by atoms with Crippen molar-refractivity contribution in [3.63, 3.8) is 0 Å². The third kappa shape index (κ3) is 3.11. The van der Waals surface area contributed by atoms with Crippen molar-refractivity contribution in [1.82, 2.24) is 0 Å². The summed E-state index contributed by atoms with van der Waals surface area (Å²) in [6, 6.07) is 2.02. The third-order valence-electron chi connectivity index (χ3n) is 1.78. The van der Waals surface area contributed by atoms with E-state index in [0.717, 1.165) is 12.1 Å². The van der Waals surface area contributed by atoms with Crippen molar-refractivity contribution in [3.8, 4) is 5.75 Å². The van der Waals surface area contributed by atoms with Crippen LogP contribution >= 0.6 is 12.6 Å². The minimum Gasteiger partial charge on any atom is -0.478 e. The minimum atomic E-state index is -5.18. The van der Waals surface area contributed by atoms with E-state index in [1.165, 1.54) is 6.92 Å². The SMILES string of the molecule is Cc1c(S)cc(OS(=O)(=O)F)cc1C(=O)O. The van der Waals surface area contributed by atoms with E-state index < -0.39 is 22.2 Å². The van der Waals surface area contributed by atoms with Gasteiger partial charge in [0.25, 0.3) is 0 Å². The Hall–Kier alpha value is -1.28. The van der Waals surface area contributed by atoms with Crippen LogP contribution in [0.3, 0.4) is 0 Å². The Labute approximate surface area is 96.7 Å². The van der Waals surface area contributed by atoms with E-state index in [9.17, 15) is 17.1 Å². The zero-order valence-electron chi connectivity index (χ0n) is 7.97. The van der Waals surface area contributed by atoms with Crippen molar-refractivity contribution in [2.75, 3.05) is 0 Å². The summed E-state index contributed by atoms with van der Waals surface area (Å²) < 4.78 is 36.6. The van der Waals surface area contributed by atoms with Gasteiger partial charge in [-0.2, -0.15) is 8.42 Å². The highest BCUT2D eigenvalue weighted by Crippen LogP contribution is 2.26. The number of hydrogen-bond acceptors (Lipinski definition) is 5. The molecule has 1 rings (SSSR count). The Balaban J connectivity index is 3.30. The first-order valence-corrected chi connectivity index (χ1v) is 5.67. The number of thiol groups is 1. The maximum absolute atomic E-state index is 12.2. The van der Waals surface area contributed by atoms with E-state index in [0.29, 0.717) is 5.56 Å². The van der Waals surface area contributed by atoms with E-state index in [1.54, 1.807) is 0 Å². The van der Waals surface area contributed by atoms with Gasteiger partial charge in [0, 0.05) is 4.90 Å². The van der Waals surface area contributed by atoms with Crippen molar-refractivity contribution < 1.29 is 26.4 Å². The molecule has 0 aromatic heterocycles. The summed E-state index contributed by atoms with van der Waals surface area (Å²) in [7, 11) is -5.18. The first kappa shape index (κ1) is 12.8. The zero-order valence-corrected chi connectivity index (χ0v) is 9.68. The van der Waals surface area contributed by atoms with Crippen LogP contribution in [0.5, 0.6) is 5.75 Å². The maximum Gasteiger partial charge on any atom is 0.488 e. The Morgan fingerprint density at radius 2 is 2.06 bits per heavy atom. The van der Waals surface area contributed by atoms with Gasteiger partial charge in [0.1, 0.15) is 5.75 Å². The molecule has 0 atom stereocenters. The summed E-state index contributed by atoms with van der Waals surface area (Å²) in [6.07, 6.45) is 0. The van der Waals surface area contributed by atoms with Crippen LogP contribution in [0.15, 0.2) is 17.0 Å². The highest BCUT2D eigenvalue weighted by Gasteiger charge is 2.16. The summed E-state index contributed by atoms with van der Waals surface area (Å²) in [4.78, 5) is 11.0. The fourth-order valence-electron chi connectivity index (χ4n) is 1.06. The number of halogens is 1. The highest BCUT2D eigenvalue weighted by atomic mass is 32.3. The second kappa shape index (κ2) is 4.30. The molecule has 88 valence electrons. The number of carboxylic acid groups (broad SMARTS) is 1. The number of hydrogen-bond donors (Lipinski definition) is 2. The fraction of sp³-hybridized carbons (Fsp3) is 0.125. The van der Waals surface area contributed by atoms with Gasteiger partial charge in [0.2, 0.25) is 0 Å². The Morgan fingerprint density at radius 3 is 2.50 bits per heavy atom. The van der Waals surface area contributed by atoms with E-state index in [2.05, 4.69) is 16.8 Å². The summed E-state index contributed by atoms with van der Waals surface area (Å²) in [5.74, 6) is -1.72. The number of carbonyl (C=O) groups is 1. The van der Waals surface area contributed by atoms with Gasteiger partial charge < -0.3 is 9.29 Å².